The SMILES string of the molecule is C=CS(=O)(=O)CCC(=O)Nc1nn(C)c2ccccc12. The van der Waals surface area contributed by atoms with Gasteiger partial charge in [0.2, 0.25) is 5.91 Å². The molecule has 2 aromatic rings. The Morgan fingerprint density at radius 1 is 1.45 bits per heavy atom. The zero-order valence-electron chi connectivity index (χ0n) is 11.0. The number of nitrogens with zero attached hydrogens (tertiary/aromatic N) is 2. The van der Waals surface area contributed by atoms with Crippen molar-refractivity contribution in [3.05, 3.63) is 36.3 Å². The van der Waals surface area contributed by atoms with E-state index in [0.717, 1.165) is 16.3 Å². The molecule has 0 fully saturated rings. The number of aryl methyl sites for hydroxylation is 1. The van der Waals surface area contributed by atoms with E-state index in [1.807, 2.05) is 24.3 Å². The van der Waals surface area contributed by atoms with Crippen LogP contribution < -0.4 is 5.32 Å². The molecule has 6 nitrogen and oxygen atoms in total. The quantitative estimate of drug-likeness (QED) is 0.905. The highest BCUT2D eigenvalue weighted by molar-refractivity contribution is 7.94. The first kappa shape index (κ1) is 14.3. The van der Waals surface area contributed by atoms with Crippen LogP contribution in [0.15, 0.2) is 36.3 Å². The van der Waals surface area contributed by atoms with Gasteiger partial charge in [0.1, 0.15) is 0 Å². The summed E-state index contributed by atoms with van der Waals surface area (Å²) in [5.74, 6) is -0.212. The summed E-state index contributed by atoms with van der Waals surface area (Å²) in [4.78, 5) is 11.8. The Kier molecular flexibility index (Phi) is 3.89. The lowest BCUT2D eigenvalue weighted by Crippen LogP contribution is -2.16. The van der Waals surface area contributed by atoms with Gasteiger partial charge in [0, 0.05) is 24.3 Å². The van der Waals surface area contributed by atoms with Crippen molar-refractivity contribution >= 4 is 32.5 Å². The van der Waals surface area contributed by atoms with E-state index in [1.54, 1.807) is 11.7 Å². The second-order valence-corrected chi connectivity index (χ2v) is 6.39. The van der Waals surface area contributed by atoms with Gasteiger partial charge in [0.05, 0.1) is 11.3 Å². The molecule has 1 aromatic carbocycles. The Hall–Kier alpha value is -2.15. The number of hydrogen-bond acceptors (Lipinski definition) is 4. The minimum absolute atomic E-state index is 0.126. The molecule has 0 saturated carbocycles. The average molecular weight is 293 g/mol. The molecular weight excluding hydrogens is 278 g/mol. The van der Waals surface area contributed by atoms with Gasteiger partial charge in [-0.2, -0.15) is 5.10 Å². The summed E-state index contributed by atoms with van der Waals surface area (Å²) >= 11 is 0. The van der Waals surface area contributed by atoms with E-state index in [1.165, 1.54) is 0 Å². The largest absolute Gasteiger partial charge is 0.309 e. The number of amides is 1. The number of carbonyl (C=O) groups excluding carboxylic acids is 1. The van der Waals surface area contributed by atoms with Crippen LogP contribution in [0.1, 0.15) is 6.42 Å². The normalized spacial score (nSPS) is 11.4. The zero-order valence-corrected chi connectivity index (χ0v) is 11.9. The number of benzene rings is 1. The Balaban J connectivity index is 2.13. The van der Waals surface area contributed by atoms with E-state index in [-0.39, 0.29) is 18.1 Å². The molecule has 20 heavy (non-hydrogen) atoms. The van der Waals surface area contributed by atoms with Crippen LogP contribution in [-0.4, -0.2) is 29.9 Å². The van der Waals surface area contributed by atoms with E-state index in [4.69, 9.17) is 0 Å². The fourth-order valence-electron chi connectivity index (χ4n) is 1.82. The lowest BCUT2D eigenvalue weighted by molar-refractivity contribution is -0.115. The van der Waals surface area contributed by atoms with Crippen molar-refractivity contribution in [1.82, 2.24) is 9.78 Å². The predicted molar refractivity (Wildman–Crippen MR) is 77.9 cm³/mol. The Morgan fingerprint density at radius 3 is 2.85 bits per heavy atom. The second kappa shape index (κ2) is 5.46. The van der Waals surface area contributed by atoms with Crippen molar-refractivity contribution in [3.63, 3.8) is 0 Å². The van der Waals surface area contributed by atoms with E-state index in [2.05, 4.69) is 17.0 Å². The zero-order chi connectivity index (χ0) is 14.8. The third kappa shape index (κ3) is 3.05. The van der Waals surface area contributed by atoms with Crippen LogP contribution in [0.3, 0.4) is 0 Å². The number of fused-ring (bicyclic) bond motifs is 1. The first-order chi connectivity index (χ1) is 9.43. The van der Waals surface area contributed by atoms with Gasteiger partial charge < -0.3 is 5.32 Å². The maximum Gasteiger partial charge on any atom is 0.226 e. The molecule has 1 N–H and O–H groups in total. The molecule has 0 spiro atoms. The summed E-state index contributed by atoms with van der Waals surface area (Å²) in [6.07, 6.45) is -0.126. The van der Waals surface area contributed by atoms with Crippen LogP contribution in [0.25, 0.3) is 10.9 Å². The Labute approximate surface area is 117 Å². The minimum Gasteiger partial charge on any atom is -0.309 e. The lowest BCUT2D eigenvalue weighted by Gasteiger charge is -2.01. The number of anilines is 1. The van der Waals surface area contributed by atoms with Crippen LogP contribution in [0, 0.1) is 0 Å². The third-order valence-corrected chi connectivity index (χ3v) is 4.16. The molecule has 0 bridgehead atoms. The molecule has 1 amide bonds. The second-order valence-electron chi connectivity index (χ2n) is 4.32. The predicted octanol–water partition coefficient (Wildman–Crippen LogP) is 1.46. The Bertz CT molecular complexity index is 762. The average Bonchev–Trinajstić information content (AvgIpc) is 2.74. The molecule has 0 unspecified atom stereocenters. The number of carbonyl (C=O) groups is 1. The third-order valence-electron chi connectivity index (χ3n) is 2.88. The van der Waals surface area contributed by atoms with Gasteiger partial charge in [0.25, 0.3) is 0 Å². The highest BCUT2D eigenvalue weighted by Gasteiger charge is 2.13. The summed E-state index contributed by atoms with van der Waals surface area (Å²) in [5.41, 5.74) is 0.890. The monoisotopic (exact) mass is 293 g/mol. The molecule has 1 heterocycles. The summed E-state index contributed by atoms with van der Waals surface area (Å²) in [6.45, 7) is 3.20. The van der Waals surface area contributed by atoms with Crippen molar-refractivity contribution in [2.45, 2.75) is 6.42 Å². The number of nitrogens with one attached hydrogen (secondary N) is 1. The summed E-state index contributed by atoms with van der Waals surface area (Å²) in [5, 5.41) is 8.51. The number of hydrogen-bond donors (Lipinski definition) is 1. The molecule has 7 heteroatoms. The van der Waals surface area contributed by atoms with Crippen molar-refractivity contribution in [2.75, 3.05) is 11.1 Å². The molecule has 0 atom stereocenters. The first-order valence-corrected chi connectivity index (χ1v) is 7.71. The van der Waals surface area contributed by atoms with Crippen LogP contribution in [0.2, 0.25) is 0 Å². The topological polar surface area (TPSA) is 81.1 Å². The Morgan fingerprint density at radius 2 is 2.15 bits per heavy atom. The minimum atomic E-state index is -3.37. The number of aromatic nitrogens is 2. The number of para-hydroxylation sites is 1. The molecule has 0 aliphatic heterocycles. The van der Waals surface area contributed by atoms with Crippen molar-refractivity contribution in [3.8, 4) is 0 Å². The fraction of sp³-hybridized carbons (Fsp3) is 0.231. The molecule has 2 rings (SSSR count). The van der Waals surface area contributed by atoms with Crippen molar-refractivity contribution in [2.24, 2.45) is 7.05 Å². The van der Waals surface area contributed by atoms with Gasteiger partial charge >= 0.3 is 0 Å². The number of sulfone groups is 1. The van der Waals surface area contributed by atoms with Crippen LogP contribution >= 0.6 is 0 Å². The summed E-state index contributed by atoms with van der Waals surface area (Å²) in [7, 11) is -1.59. The lowest BCUT2D eigenvalue weighted by atomic mass is 10.2. The summed E-state index contributed by atoms with van der Waals surface area (Å²) in [6, 6.07) is 7.46. The standard InChI is InChI=1S/C13H15N3O3S/c1-3-20(18,19)9-8-12(17)14-13-10-6-4-5-7-11(10)16(2)15-13/h3-7H,1,8-9H2,2H3,(H,14,15,17). The molecule has 0 aliphatic rings. The molecule has 0 radical (unpaired) electrons. The van der Waals surface area contributed by atoms with Crippen LogP contribution in [-0.2, 0) is 21.7 Å². The molecule has 0 saturated heterocycles. The maximum atomic E-state index is 11.8. The van der Waals surface area contributed by atoms with E-state index in [9.17, 15) is 13.2 Å². The van der Waals surface area contributed by atoms with Gasteiger partial charge in [-0.1, -0.05) is 18.7 Å². The molecule has 106 valence electrons. The highest BCUT2D eigenvalue weighted by atomic mass is 32.2. The van der Waals surface area contributed by atoms with Gasteiger partial charge in [-0.15, -0.1) is 0 Å². The maximum absolute atomic E-state index is 11.8. The molecular formula is C13H15N3O3S. The first-order valence-electron chi connectivity index (χ1n) is 6.00. The number of rotatable bonds is 5. The van der Waals surface area contributed by atoms with E-state index < -0.39 is 9.84 Å². The highest BCUT2D eigenvalue weighted by Crippen LogP contribution is 2.21. The smallest absolute Gasteiger partial charge is 0.226 e. The van der Waals surface area contributed by atoms with Gasteiger partial charge in [-0.3, -0.25) is 9.48 Å². The fourth-order valence-corrected chi connectivity index (χ4v) is 2.46. The van der Waals surface area contributed by atoms with Crippen molar-refractivity contribution in [1.29, 1.82) is 0 Å². The van der Waals surface area contributed by atoms with E-state index >= 15 is 0 Å². The van der Waals surface area contributed by atoms with Gasteiger partial charge in [-0.05, 0) is 12.1 Å². The van der Waals surface area contributed by atoms with Gasteiger partial charge in [0.15, 0.2) is 15.7 Å². The van der Waals surface area contributed by atoms with Crippen molar-refractivity contribution < 1.29 is 13.2 Å². The van der Waals surface area contributed by atoms with Crippen LogP contribution in [0.4, 0.5) is 5.82 Å². The molecule has 1 aromatic heterocycles. The van der Waals surface area contributed by atoms with E-state index in [0.29, 0.717) is 5.82 Å². The van der Waals surface area contributed by atoms with Gasteiger partial charge in [-0.25, -0.2) is 8.42 Å². The molecule has 0 aliphatic carbocycles. The summed E-state index contributed by atoms with van der Waals surface area (Å²) < 4.78 is 24.2. The van der Waals surface area contributed by atoms with Crippen LogP contribution in [0.5, 0.6) is 0 Å².